The number of hydrogen-bond acceptors (Lipinski definition) is 21. The summed E-state index contributed by atoms with van der Waals surface area (Å²) in [6, 6.07) is -7.95. The Bertz CT molecular complexity index is 2970. The summed E-state index contributed by atoms with van der Waals surface area (Å²) < 4.78 is 17.1. The van der Waals surface area contributed by atoms with Gasteiger partial charge in [-0.2, -0.15) is 0 Å². The lowest BCUT2D eigenvalue weighted by molar-refractivity contribution is -0.143. The number of carbonyl (C=O) groups is 16. The Morgan fingerprint density at radius 1 is 0.368 bits per heavy atom. The summed E-state index contributed by atoms with van der Waals surface area (Å²) in [7, 11) is 0. The van der Waals surface area contributed by atoms with E-state index in [9.17, 15) is 76.7 Å². The number of amides is 12. The van der Waals surface area contributed by atoms with Gasteiger partial charge in [-0.15, -0.1) is 0 Å². The normalized spacial score (nSPS) is 17.7. The number of carbonyl (C=O) groups excluding carboxylic acids is 16. The van der Waals surface area contributed by atoms with Crippen molar-refractivity contribution < 1.29 is 90.9 Å². The summed E-state index contributed by atoms with van der Waals surface area (Å²) in [6.45, 7) is 28.2. The van der Waals surface area contributed by atoms with Crippen LogP contribution in [0.15, 0.2) is 0 Å². The van der Waals surface area contributed by atoms with Gasteiger partial charge in [-0.05, 0) is 127 Å². The molecule has 0 radical (unpaired) electrons. The summed E-state index contributed by atoms with van der Waals surface area (Å²) in [4.78, 5) is 220. The first-order valence-corrected chi connectivity index (χ1v) is 43.2. The molecule has 2 saturated heterocycles. The summed E-state index contributed by atoms with van der Waals surface area (Å²) in [5, 5.41) is 22.7. The fraction of sp³-hybridized carbons (Fsp3) is 0.810. The molecule has 0 aliphatic carbocycles. The van der Waals surface area contributed by atoms with Crippen LogP contribution < -0.4 is 65.5 Å². The van der Waals surface area contributed by atoms with Crippen LogP contribution in [0.4, 0.5) is 0 Å². The number of hydrogen-bond donors (Lipinski definition) is 12. The molecule has 2 rings (SSSR count). The third kappa shape index (κ3) is 38.4. The van der Waals surface area contributed by atoms with Crippen LogP contribution in [0, 0.1) is 59.2 Å². The van der Waals surface area contributed by atoms with E-state index in [0.717, 1.165) is 0 Å². The molecule has 2 fully saturated rings. The lowest BCUT2D eigenvalue weighted by Crippen LogP contribution is -2.57. The molecule has 0 spiro atoms. The van der Waals surface area contributed by atoms with Crippen LogP contribution in [0.5, 0.6) is 0 Å². The fourth-order valence-corrected chi connectivity index (χ4v) is 14.0. The molecule has 2 aliphatic rings. The van der Waals surface area contributed by atoms with Crippen molar-refractivity contribution >= 4 is 94.0 Å². The number of rotatable bonds is 64. The van der Waals surface area contributed by atoms with Gasteiger partial charge in [0, 0.05) is 113 Å². The van der Waals surface area contributed by atoms with Gasteiger partial charge in [0.1, 0.15) is 24.2 Å². The molecular formula is C84H148N14O19. The third-order valence-electron chi connectivity index (χ3n) is 22.6. The van der Waals surface area contributed by atoms with E-state index in [1.165, 1.54) is 23.6 Å². The van der Waals surface area contributed by atoms with E-state index in [0.29, 0.717) is 129 Å². The highest BCUT2D eigenvalue weighted by Crippen LogP contribution is 2.27. The maximum atomic E-state index is 14.1. The second-order valence-electron chi connectivity index (χ2n) is 32.9. The van der Waals surface area contributed by atoms with E-state index in [4.69, 9.17) is 37.1 Å². The Labute approximate surface area is 694 Å². The number of primary amides is 2. The molecule has 668 valence electrons. The first kappa shape index (κ1) is 105. The monoisotopic (exact) mass is 1660 g/mol. The van der Waals surface area contributed by atoms with Crippen LogP contribution in [0.3, 0.4) is 0 Å². The molecule has 16 N–H and O–H groups in total. The second-order valence-corrected chi connectivity index (χ2v) is 32.9. The standard InChI is InChI=1S/C84H148N14O19/c1-15-53(9)73(95-81(111)63-29-23-39-97(63)83(113)71(51(5)6)93-75(105)55(11)17-3)67(101)47-57(13)77(107)91-61(31-33-69(87)103)65(99)49-59(27-19-21-35-85)79(109)89-37-25-41-115-43-45-117-46-44-116-42-26-38-90-80(110)60(28-20-22-36-86)50-66(100)62(32-34-70(88)104)92-78(108)58(14)48-68(102)74(54(10)16-2)96-82(112)64-30-24-40-98(64)84(114)72(52(7)8)94-76(106)56(12)18-4/h51-64,71-74H,15-50,85-86H2,1-14H3,(H2,87,103)(H2,88,104)(H,89,109)(H,90,110)(H,91,107)(H,92,108)(H,93,105)(H,94,106)(H,95,111)(H,96,112)/t53-,54-,55+,56+,57+,58+,59+,60+,61-,62?,63?,64-,71?,72-,73-,74-/m0/s1. The van der Waals surface area contributed by atoms with Gasteiger partial charge >= 0.3 is 0 Å². The van der Waals surface area contributed by atoms with Crippen LogP contribution in [0.1, 0.15) is 251 Å². The Hall–Kier alpha value is -7.88. The molecule has 0 aromatic carbocycles. The predicted octanol–water partition coefficient (Wildman–Crippen LogP) is 3.57. The van der Waals surface area contributed by atoms with Crippen LogP contribution in [0.2, 0.25) is 0 Å². The topological polar surface area (TPSA) is 508 Å². The van der Waals surface area contributed by atoms with E-state index in [1.54, 1.807) is 27.7 Å². The van der Waals surface area contributed by atoms with E-state index in [-0.39, 0.29) is 163 Å². The van der Waals surface area contributed by atoms with Gasteiger partial charge in [-0.1, -0.05) is 123 Å². The van der Waals surface area contributed by atoms with Crippen LogP contribution in [0.25, 0.3) is 0 Å². The number of Topliss-reactive ketones (excluding diaryl/α,β-unsaturated/α-hetero) is 4. The minimum Gasteiger partial charge on any atom is -0.379 e. The van der Waals surface area contributed by atoms with Gasteiger partial charge in [0.2, 0.25) is 70.9 Å². The van der Waals surface area contributed by atoms with Crippen molar-refractivity contribution in [1.82, 2.24) is 52.3 Å². The molecule has 0 saturated carbocycles. The maximum absolute atomic E-state index is 14.1. The van der Waals surface area contributed by atoms with Gasteiger partial charge in [0.25, 0.3) is 0 Å². The van der Waals surface area contributed by atoms with Gasteiger partial charge in [0.05, 0.1) is 50.6 Å². The number of nitrogens with two attached hydrogens (primary N) is 4. The number of nitrogens with zero attached hydrogens (tertiary/aromatic N) is 2. The first-order valence-electron chi connectivity index (χ1n) is 43.2. The maximum Gasteiger partial charge on any atom is 0.246 e. The highest BCUT2D eigenvalue weighted by atomic mass is 16.5. The molecule has 0 bridgehead atoms. The molecule has 117 heavy (non-hydrogen) atoms. The zero-order valence-corrected chi connectivity index (χ0v) is 72.8. The van der Waals surface area contributed by atoms with E-state index < -0.39 is 142 Å². The molecule has 2 aliphatic heterocycles. The van der Waals surface area contributed by atoms with Gasteiger partial charge in [-0.25, -0.2) is 0 Å². The third-order valence-corrected chi connectivity index (χ3v) is 22.6. The number of likely N-dealkylation sites (tertiary alicyclic amines) is 2. The van der Waals surface area contributed by atoms with Crippen molar-refractivity contribution in [1.29, 1.82) is 0 Å². The molecular weight excluding hydrogens is 1510 g/mol. The zero-order chi connectivity index (χ0) is 88.0. The van der Waals surface area contributed by atoms with Crippen LogP contribution >= 0.6 is 0 Å². The van der Waals surface area contributed by atoms with Crippen molar-refractivity contribution in [2.45, 2.75) is 299 Å². The van der Waals surface area contributed by atoms with Gasteiger partial charge in [0.15, 0.2) is 23.1 Å². The Kier molecular flexibility index (Phi) is 51.5. The minimum atomic E-state index is -1.22. The lowest BCUT2D eigenvalue weighted by atomic mass is 9.89. The van der Waals surface area contributed by atoms with E-state index in [1.807, 2.05) is 55.4 Å². The summed E-state index contributed by atoms with van der Waals surface area (Å²) in [5.41, 5.74) is 22.6. The summed E-state index contributed by atoms with van der Waals surface area (Å²) >= 11 is 0. The highest BCUT2D eigenvalue weighted by Gasteiger charge is 2.44. The summed E-state index contributed by atoms with van der Waals surface area (Å²) in [6.07, 6.45) is 5.64. The molecule has 0 aromatic heterocycles. The summed E-state index contributed by atoms with van der Waals surface area (Å²) in [5.74, 6) is -13.2. The lowest BCUT2D eigenvalue weighted by Gasteiger charge is -2.32. The van der Waals surface area contributed by atoms with Crippen LogP contribution in [-0.2, 0) is 90.9 Å². The number of unbranched alkanes of at least 4 members (excludes halogenated alkanes) is 2. The molecule has 12 amide bonds. The fourth-order valence-electron chi connectivity index (χ4n) is 14.0. The average molecular weight is 1660 g/mol. The molecule has 33 nitrogen and oxygen atoms in total. The highest BCUT2D eigenvalue weighted by molar-refractivity contribution is 6.00. The van der Waals surface area contributed by atoms with E-state index >= 15 is 0 Å². The van der Waals surface area contributed by atoms with Crippen molar-refractivity contribution in [3.63, 3.8) is 0 Å². The Balaban J connectivity index is 1.92. The number of ketones is 4. The predicted molar refractivity (Wildman–Crippen MR) is 443 cm³/mol. The Morgan fingerprint density at radius 3 is 1.01 bits per heavy atom. The number of nitrogens with one attached hydrogen (secondary N) is 8. The molecule has 16 atom stereocenters. The van der Waals surface area contributed by atoms with Crippen molar-refractivity contribution in [3.8, 4) is 0 Å². The molecule has 33 heteroatoms. The largest absolute Gasteiger partial charge is 0.379 e. The zero-order valence-electron chi connectivity index (χ0n) is 72.8. The van der Waals surface area contributed by atoms with Crippen molar-refractivity contribution in [3.05, 3.63) is 0 Å². The minimum absolute atomic E-state index is 0.153. The molecule has 0 aromatic rings. The van der Waals surface area contributed by atoms with Crippen LogP contribution in [-0.4, -0.2) is 231 Å². The van der Waals surface area contributed by atoms with Gasteiger partial charge < -0.3 is 89.5 Å². The smallest absolute Gasteiger partial charge is 0.246 e. The quantitative estimate of drug-likeness (QED) is 0.0387. The first-order chi connectivity index (χ1) is 55.4. The van der Waals surface area contributed by atoms with E-state index in [2.05, 4.69) is 42.5 Å². The Morgan fingerprint density at radius 2 is 0.701 bits per heavy atom. The number of ether oxygens (including phenoxy) is 3. The molecule has 2 heterocycles. The van der Waals surface area contributed by atoms with Gasteiger partial charge in [-0.3, -0.25) is 76.7 Å². The second kappa shape index (κ2) is 57.3. The SMILES string of the molecule is CC[C@@H](C)C(=O)NC(C(=O)N1CCCC1C(=O)N[C@H](C(=O)C[C@@H](C)C(=O)N[C@@H](CCC(N)=O)C(=O)C[C@@H](CCCCN)C(=O)NCCCOCCOCCOCCCNC(=O)[C@H](CCCCN)CC(=O)C(CCC(N)=O)NC(=O)[C@H](C)CC(=O)[C@@H](NC(=O)[C@@H]1CCCN1C(=O)[C@@H](NC(=O)[C@H](C)CC)C(C)C)[C@@H](C)CC)[C@@H](C)CC)C(C)C. The van der Waals surface area contributed by atoms with Crippen molar-refractivity contribution in [2.24, 2.45) is 82.1 Å². The average Bonchev–Trinajstić information content (AvgIpc) is 1.69. The molecule has 3 unspecified atom stereocenters. The van der Waals surface area contributed by atoms with Crippen molar-refractivity contribution in [2.75, 3.05) is 78.9 Å².